The number of carbonyl (C=O) groups excluding carboxylic acids is 1. The third kappa shape index (κ3) is 4.29. The van der Waals surface area contributed by atoms with Crippen LogP contribution in [-0.4, -0.2) is 50.3 Å². The van der Waals surface area contributed by atoms with E-state index in [1.807, 2.05) is 30.3 Å². The summed E-state index contributed by atoms with van der Waals surface area (Å²) in [6.07, 6.45) is 6.49. The lowest BCUT2D eigenvalue weighted by molar-refractivity contribution is -0.138. The Bertz CT molecular complexity index is 591. The van der Waals surface area contributed by atoms with Crippen molar-refractivity contribution < 1.29 is 14.3 Å². The van der Waals surface area contributed by atoms with Crippen molar-refractivity contribution in [2.24, 2.45) is 17.3 Å². The minimum absolute atomic E-state index is 0.264. The van der Waals surface area contributed by atoms with E-state index in [4.69, 9.17) is 9.47 Å². The van der Waals surface area contributed by atoms with Crippen molar-refractivity contribution in [1.29, 1.82) is 0 Å². The molecule has 4 heteroatoms. The van der Waals surface area contributed by atoms with E-state index < -0.39 is 0 Å². The highest BCUT2D eigenvalue weighted by Crippen LogP contribution is 2.45. The van der Waals surface area contributed by atoms with Crippen LogP contribution < -0.4 is 0 Å². The molecule has 0 radical (unpaired) electrons. The monoisotopic (exact) mass is 357 g/mol. The maximum Gasteiger partial charge on any atom is 0.226 e. The van der Waals surface area contributed by atoms with Gasteiger partial charge in [0.25, 0.3) is 0 Å². The zero-order valence-electron chi connectivity index (χ0n) is 15.7. The molecule has 142 valence electrons. The Balaban J connectivity index is 1.30. The van der Waals surface area contributed by atoms with Crippen LogP contribution in [-0.2, 0) is 20.7 Å². The summed E-state index contributed by atoms with van der Waals surface area (Å²) in [6.45, 7) is 5.19. The summed E-state index contributed by atoms with van der Waals surface area (Å²) < 4.78 is 11.8. The standard InChI is InChI=1S/C22H31NO3/c24-21(14-18-4-2-1-3-5-18)23-11-8-22(9-12-23)10-13-25-16-20(22)17-26-15-19-6-7-19/h1-5,19-20H,6-17H2/t20-/m1/s1. The molecule has 1 aromatic rings. The van der Waals surface area contributed by atoms with Gasteiger partial charge in [0.2, 0.25) is 5.91 Å². The second-order valence-corrected chi connectivity index (χ2v) is 8.41. The van der Waals surface area contributed by atoms with Gasteiger partial charge < -0.3 is 14.4 Å². The molecule has 4 rings (SSSR count). The van der Waals surface area contributed by atoms with E-state index in [-0.39, 0.29) is 5.91 Å². The van der Waals surface area contributed by atoms with Gasteiger partial charge in [0.05, 0.1) is 19.6 Å². The fraction of sp³-hybridized carbons (Fsp3) is 0.682. The summed E-state index contributed by atoms with van der Waals surface area (Å²) in [7, 11) is 0. The van der Waals surface area contributed by atoms with Crippen molar-refractivity contribution >= 4 is 5.91 Å². The van der Waals surface area contributed by atoms with Crippen LogP contribution in [0.25, 0.3) is 0 Å². The first kappa shape index (κ1) is 18.0. The Kier molecular flexibility index (Phi) is 5.60. The van der Waals surface area contributed by atoms with Gasteiger partial charge in [-0.1, -0.05) is 30.3 Å². The molecule has 2 saturated heterocycles. The van der Waals surface area contributed by atoms with Crippen LogP contribution in [0.4, 0.5) is 0 Å². The molecular weight excluding hydrogens is 326 g/mol. The van der Waals surface area contributed by atoms with Crippen LogP contribution in [0.3, 0.4) is 0 Å². The van der Waals surface area contributed by atoms with E-state index in [1.165, 1.54) is 12.8 Å². The quantitative estimate of drug-likeness (QED) is 0.784. The second-order valence-electron chi connectivity index (χ2n) is 8.41. The van der Waals surface area contributed by atoms with Crippen LogP contribution in [0.2, 0.25) is 0 Å². The molecule has 0 N–H and O–H groups in total. The van der Waals surface area contributed by atoms with E-state index in [9.17, 15) is 4.79 Å². The summed E-state index contributed by atoms with van der Waals surface area (Å²) in [5.74, 6) is 1.56. The molecule has 0 unspecified atom stereocenters. The number of hydrogen-bond donors (Lipinski definition) is 0. The first-order valence-electron chi connectivity index (χ1n) is 10.2. The molecule has 2 heterocycles. The van der Waals surface area contributed by atoms with E-state index in [0.717, 1.165) is 70.3 Å². The average Bonchev–Trinajstić information content (AvgIpc) is 3.49. The molecule has 1 spiro atoms. The Morgan fingerprint density at radius 1 is 1.12 bits per heavy atom. The molecule has 3 fully saturated rings. The maximum atomic E-state index is 12.7. The zero-order valence-corrected chi connectivity index (χ0v) is 15.7. The molecule has 26 heavy (non-hydrogen) atoms. The number of piperidine rings is 1. The van der Waals surface area contributed by atoms with Crippen molar-refractivity contribution in [2.75, 3.05) is 39.5 Å². The lowest BCUT2D eigenvalue weighted by Gasteiger charge is -2.49. The van der Waals surface area contributed by atoms with E-state index in [0.29, 0.717) is 17.8 Å². The maximum absolute atomic E-state index is 12.7. The number of rotatable bonds is 6. The summed E-state index contributed by atoms with van der Waals surface area (Å²) in [5, 5.41) is 0. The highest BCUT2D eigenvalue weighted by molar-refractivity contribution is 5.78. The summed E-state index contributed by atoms with van der Waals surface area (Å²) in [6, 6.07) is 10.1. The highest BCUT2D eigenvalue weighted by atomic mass is 16.5. The van der Waals surface area contributed by atoms with Crippen LogP contribution in [0, 0.1) is 17.3 Å². The highest BCUT2D eigenvalue weighted by Gasteiger charge is 2.44. The molecular formula is C22H31NO3. The molecule has 4 nitrogen and oxygen atoms in total. The molecule has 3 aliphatic rings. The van der Waals surface area contributed by atoms with Crippen molar-refractivity contribution in [3.63, 3.8) is 0 Å². The molecule has 1 aliphatic carbocycles. The summed E-state index contributed by atoms with van der Waals surface area (Å²) in [5.41, 5.74) is 1.42. The molecule has 1 saturated carbocycles. The van der Waals surface area contributed by atoms with Gasteiger partial charge in [-0.25, -0.2) is 0 Å². The van der Waals surface area contributed by atoms with Gasteiger partial charge in [-0.3, -0.25) is 4.79 Å². The van der Waals surface area contributed by atoms with Crippen LogP contribution in [0.1, 0.15) is 37.7 Å². The van der Waals surface area contributed by atoms with Crippen molar-refractivity contribution in [3.8, 4) is 0 Å². The van der Waals surface area contributed by atoms with Crippen LogP contribution >= 0.6 is 0 Å². The smallest absolute Gasteiger partial charge is 0.226 e. The predicted molar refractivity (Wildman–Crippen MR) is 101 cm³/mol. The Hall–Kier alpha value is -1.39. The number of nitrogens with zero attached hydrogens (tertiary/aromatic N) is 1. The predicted octanol–water partition coefficient (Wildman–Crippen LogP) is 3.30. The minimum Gasteiger partial charge on any atom is -0.381 e. The Morgan fingerprint density at radius 2 is 1.88 bits per heavy atom. The first-order valence-corrected chi connectivity index (χ1v) is 10.2. The second kappa shape index (κ2) is 8.10. The zero-order chi connectivity index (χ0) is 17.8. The molecule has 1 amide bonds. The van der Waals surface area contributed by atoms with Crippen molar-refractivity contribution in [3.05, 3.63) is 35.9 Å². The molecule has 2 aliphatic heterocycles. The topological polar surface area (TPSA) is 38.8 Å². The molecule has 1 atom stereocenters. The van der Waals surface area contributed by atoms with Gasteiger partial charge in [-0.2, -0.15) is 0 Å². The van der Waals surface area contributed by atoms with Gasteiger partial charge in [0, 0.05) is 32.2 Å². The SMILES string of the molecule is O=C(Cc1ccccc1)N1CCC2(CCOC[C@@H]2COCC2CC2)CC1. The third-order valence-electron chi connectivity index (χ3n) is 6.61. The van der Waals surface area contributed by atoms with Gasteiger partial charge in [-0.05, 0) is 49.0 Å². The number of amides is 1. The lowest BCUT2D eigenvalue weighted by Crippen LogP contribution is -2.50. The number of benzene rings is 1. The van der Waals surface area contributed by atoms with Gasteiger partial charge >= 0.3 is 0 Å². The number of carbonyl (C=O) groups is 1. The summed E-state index contributed by atoms with van der Waals surface area (Å²) >= 11 is 0. The molecule has 0 aromatic heterocycles. The average molecular weight is 357 g/mol. The van der Waals surface area contributed by atoms with Gasteiger partial charge in [-0.15, -0.1) is 0 Å². The van der Waals surface area contributed by atoms with Gasteiger partial charge in [0.1, 0.15) is 0 Å². The van der Waals surface area contributed by atoms with Crippen molar-refractivity contribution in [1.82, 2.24) is 4.90 Å². The van der Waals surface area contributed by atoms with Gasteiger partial charge in [0.15, 0.2) is 0 Å². The Labute approximate surface area is 156 Å². The normalized spacial score (nSPS) is 25.4. The third-order valence-corrected chi connectivity index (χ3v) is 6.61. The summed E-state index contributed by atoms with van der Waals surface area (Å²) in [4.78, 5) is 14.7. The van der Waals surface area contributed by atoms with Crippen LogP contribution in [0.15, 0.2) is 30.3 Å². The van der Waals surface area contributed by atoms with E-state index in [2.05, 4.69) is 4.90 Å². The molecule has 0 bridgehead atoms. The largest absolute Gasteiger partial charge is 0.381 e. The number of ether oxygens (including phenoxy) is 2. The van der Waals surface area contributed by atoms with Crippen LogP contribution in [0.5, 0.6) is 0 Å². The fourth-order valence-electron chi connectivity index (χ4n) is 4.51. The fourth-order valence-corrected chi connectivity index (χ4v) is 4.51. The van der Waals surface area contributed by atoms with E-state index in [1.54, 1.807) is 0 Å². The lowest BCUT2D eigenvalue weighted by atomic mass is 9.66. The van der Waals surface area contributed by atoms with E-state index >= 15 is 0 Å². The number of likely N-dealkylation sites (tertiary alicyclic amines) is 1. The first-order chi connectivity index (χ1) is 12.8. The molecule has 1 aromatic carbocycles. The number of hydrogen-bond acceptors (Lipinski definition) is 3. The minimum atomic E-state index is 0.264. The van der Waals surface area contributed by atoms with Crippen molar-refractivity contribution in [2.45, 2.75) is 38.5 Å². The Morgan fingerprint density at radius 3 is 2.62 bits per heavy atom.